The average Bonchev–Trinajstić information content (AvgIpc) is 2.21. The smallest absolute Gasteiger partial charge is 0.330 e. The normalized spacial score (nSPS) is 11.5. The molecular formula is C13H24O2. The van der Waals surface area contributed by atoms with E-state index in [1.165, 1.54) is 25.7 Å². The molecule has 0 amide bonds. The number of carbonyl (C=O) groups is 1. The first-order chi connectivity index (χ1) is 7.20. The minimum absolute atomic E-state index is 0.190. The van der Waals surface area contributed by atoms with E-state index < -0.39 is 0 Å². The quantitative estimate of drug-likeness (QED) is 0.347. The highest BCUT2D eigenvalue weighted by molar-refractivity contribution is 5.82. The molecule has 0 aliphatic heterocycles. The van der Waals surface area contributed by atoms with E-state index in [1.807, 2.05) is 13.8 Å². The summed E-state index contributed by atoms with van der Waals surface area (Å²) in [5.41, 5.74) is 1.13. The number of esters is 1. The van der Waals surface area contributed by atoms with Crippen molar-refractivity contribution in [2.45, 2.75) is 59.3 Å². The molecule has 0 heterocycles. The van der Waals surface area contributed by atoms with Crippen LogP contribution in [0, 0.1) is 0 Å². The van der Waals surface area contributed by atoms with Gasteiger partial charge in [-0.15, -0.1) is 0 Å². The van der Waals surface area contributed by atoms with Crippen LogP contribution < -0.4 is 0 Å². The molecule has 0 aromatic carbocycles. The van der Waals surface area contributed by atoms with Crippen molar-refractivity contribution in [3.63, 3.8) is 0 Å². The van der Waals surface area contributed by atoms with Gasteiger partial charge in [0.25, 0.3) is 0 Å². The van der Waals surface area contributed by atoms with Crippen LogP contribution in [0.25, 0.3) is 0 Å². The molecule has 2 nitrogen and oxygen atoms in total. The van der Waals surface area contributed by atoms with Crippen LogP contribution in [0.4, 0.5) is 0 Å². The number of hydrogen-bond donors (Lipinski definition) is 0. The fourth-order valence-corrected chi connectivity index (χ4v) is 1.35. The molecule has 0 rings (SSSR count). The third-order valence-corrected chi connectivity index (χ3v) is 2.24. The van der Waals surface area contributed by atoms with Gasteiger partial charge in [0.2, 0.25) is 0 Å². The van der Waals surface area contributed by atoms with E-state index in [2.05, 4.69) is 6.92 Å². The minimum Gasteiger partial charge on any atom is -0.463 e. The van der Waals surface area contributed by atoms with E-state index in [0.717, 1.165) is 18.4 Å². The number of allylic oxidation sites excluding steroid dienone is 1. The van der Waals surface area contributed by atoms with E-state index in [9.17, 15) is 4.79 Å². The molecule has 0 unspecified atom stereocenters. The maximum Gasteiger partial charge on any atom is 0.330 e. The Bertz CT molecular complexity index is 195. The number of hydrogen-bond acceptors (Lipinski definition) is 2. The molecule has 0 radical (unpaired) electrons. The SMILES string of the molecule is CCCCCC/C(C)=C/C(=O)OCCC. The number of unbranched alkanes of at least 4 members (excludes halogenated alkanes) is 3. The second-order valence-corrected chi connectivity index (χ2v) is 3.97. The van der Waals surface area contributed by atoms with Crippen LogP contribution in [-0.4, -0.2) is 12.6 Å². The largest absolute Gasteiger partial charge is 0.463 e. The van der Waals surface area contributed by atoms with E-state index in [4.69, 9.17) is 4.74 Å². The van der Waals surface area contributed by atoms with Gasteiger partial charge in [-0.05, 0) is 26.2 Å². The maximum atomic E-state index is 11.2. The second-order valence-electron chi connectivity index (χ2n) is 3.97. The predicted octanol–water partition coefficient (Wildman–Crippen LogP) is 3.86. The Morgan fingerprint density at radius 2 is 1.87 bits per heavy atom. The lowest BCUT2D eigenvalue weighted by Gasteiger charge is -2.02. The topological polar surface area (TPSA) is 26.3 Å². The molecule has 0 saturated carbocycles. The fourth-order valence-electron chi connectivity index (χ4n) is 1.35. The number of ether oxygens (including phenoxy) is 1. The van der Waals surface area contributed by atoms with Gasteiger partial charge in [-0.3, -0.25) is 0 Å². The summed E-state index contributed by atoms with van der Waals surface area (Å²) in [6.45, 7) is 6.72. The highest BCUT2D eigenvalue weighted by Gasteiger charge is 1.98. The van der Waals surface area contributed by atoms with Gasteiger partial charge in [-0.25, -0.2) is 4.79 Å². The van der Waals surface area contributed by atoms with Gasteiger partial charge in [0.05, 0.1) is 6.61 Å². The van der Waals surface area contributed by atoms with Crippen molar-refractivity contribution in [2.75, 3.05) is 6.61 Å². The van der Waals surface area contributed by atoms with Crippen molar-refractivity contribution >= 4 is 5.97 Å². The summed E-state index contributed by atoms with van der Waals surface area (Å²) in [6, 6.07) is 0. The summed E-state index contributed by atoms with van der Waals surface area (Å²) >= 11 is 0. The molecule has 0 N–H and O–H groups in total. The lowest BCUT2D eigenvalue weighted by atomic mass is 10.1. The van der Waals surface area contributed by atoms with Crippen LogP contribution in [0.15, 0.2) is 11.6 Å². The standard InChI is InChI=1S/C13H24O2/c1-4-6-7-8-9-12(3)11-13(14)15-10-5-2/h11H,4-10H2,1-3H3/b12-11+. The van der Waals surface area contributed by atoms with Gasteiger partial charge in [-0.2, -0.15) is 0 Å². The Kier molecular flexibility index (Phi) is 9.24. The van der Waals surface area contributed by atoms with Crippen LogP contribution in [-0.2, 0) is 9.53 Å². The Morgan fingerprint density at radius 3 is 2.47 bits per heavy atom. The number of rotatable bonds is 8. The van der Waals surface area contributed by atoms with Crippen molar-refractivity contribution in [3.05, 3.63) is 11.6 Å². The van der Waals surface area contributed by atoms with Gasteiger partial charge in [-0.1, -0.05) is 38.7 Å². The number of carbonyl (C=O) groups excluding carboxylic acids is 1. The molecule has 15 heavy (non-hydrogen) atoms. The zero-order chi connectivity index (χ0) is 11.5. The molecule has 0 bridgehead atoms. The van der Waals surface area contributed by atoms with E-state index in [-0.39, 0.29) is 5.97 Å². The summed E-state index contributed by atoms with van der Waals surface area (Å²) in [5.74, 6) is -0.190. The lowest BCUT2D eigenvalue weighted by molar-refractivity contribution is -0.137. The first-order valence-corrected chi connectivity index (χ1v) is 6.04. The lowest BCUT2D eigenvalue weighted by Crippen LogP contribution is -2.02. The summed E-state index contributed by atoms with van der Waals surface area (Å²) in [4.78, 5) is 11.2. The van der Waals surface area contributed by atoms with Crippen molar-refractivity contribution in [3.8, 4) is 0 Å². The second kappa shape index (κ2) is 9.75. The van der Waals surface area contributed by atoms with Crippen molar-refractivity contribution in [1.82, 2.24) is 0 Å². The Hall–Kier alpha value is -0.790. The van der Waals surface area contributed by atoms with Crippen LogP contribution in [0.3, 0.4) is 0 Å². The third kappa shape index (κ3) is 9.51. The molecule has 0 saturated heterocycles. The minimum atomic E-state index is -0.190. The summed E-state index contributed by atoms with van der Waals surface area (Å²) in [6.07, 6.45) is 8.50. The fraction of sp³-hybridized carbons (Fsp3) is 0.769. The molecule has 0 atom stereocenters. The molecule has 0 aromatic rings. The highest BCUT2D eigenvalue weighted by atomic mass is 16.5. The van der Waals surface area contributed by atoms with Crippen LogP contribution in [0.5, 0.6) is 0 Å². The van der Waals surface area contributed by atoms with Gasteiger partial charge in [0.1, 0.15) is 0 Å². The van der Waals surface area contributed by atoms with Crippen LogP contribution >= 0.6 is 0 Å². The maximum absolute atomic E-state index is 11.2. The molecule has 0 aliphatic carbocycles. The third-order valence-electron chi connectivity index (χ3n) is 2.24. The van der Waals surface area contributed by atoms with E-state index in [1.54, 1.807) is 6.08 Å². The predicted molar refractivity (Wildman–Crippen MR) is 63.8 cm³/mol. The zero-order valence-corrected chi connectivity index (χ0v) is 10.3. The van der Waals surface area contributed by atoms with E-state index in [0.29, 0.717) is 6.61 Å². The van der Waals surface area contributed by atoms with Gasteiger partial charge in [0.15, 0.2) is 0 Å². The van der Waals surface area contributed by atoms with Crippen molar-refractivity contribution in [2.24, 2.45) is 0 Å². The highest BCUT2D eigenvalue weighted by Crippen LogP contribution is 2.09. The molecule has 0 fully saturated rings. The van der Waals surface area contributed by atoms with Gasteiger partial charge in [0, 0.05) is 6.08 Å². The molecular weight excluding hydrogens is 188 g/mol. The van der Waals surface area contributed by atoms with E-state index >= 15 is 0 Å². The molecule has 0 aliphatic rings. The van der Waals surface area contributed by atoms with Crippen molar-refractivity contribution in [1.29, 1.82) is 0 Å². The molecule has 0 aromatic heterocycles. The first kappa shape index (κ1) is 14.2. The summed E-state index contributed by atoms with van der Waals surface area (Å²) in [7, 11) is 0. The summed E-state index contributed by atoms with van der Waals surface area (Å²) in [5, 5.41) is 0. The van der Waals surface area contributed by atoms with Crippen LogP contribution in [0.1, 0.15) is 59.3 Å². The Balaban J connectivity index is 3.62. The van der Waals surface area contributed by atoms with Crippen molar-refractivity contribution < 1.29 is 9.53 Å². The molecule has 88 valence electrons. The Morgan fingerprint density at radius 1 is 1.13 bits per heavy atom. The van der Waals surface area contributed by atoms with Gasteiger partial charge < -0.3 is 4.74 Å². The summed E-state index contributed by atoms with van der Waals surface area (Å²) < 4.78 is 4.97. The molecule has 2 heteroatoms. The average molecular weight is 212 g/mol. The zero-order valence-electron chi connectivity index (χ0n) is 10.3. The van der Waals surface area contributed by atoms with Crippen LogP contribution in [0.2, 0.25) is 0 Å². The Labute approximate surface area is 93.7 Å². The van der Waals surface area contributed by atoms with Gasteiger partial charge >= 0.3 is 5.97 Å². The molecule has 0 spiro atoms. The monoisotopic (exact) mass is 212 g/mol. The first-order valence-electron chi connectivity index (χ1n) is 6.04.